The molecule has 0 saturated carbocycles. The average molecular weight is 355 g/mol. The Morgan fingerprint density at radius 1 is 1.33 bits per heavy atom. The van der Waals surface area contributed by atoms with E-state index in [1.165, 1.54) is 0 Å². The predicted octanol–water partition coefficient (Wildman–Crippen LogP) is 2.75. The van der Waals surface area contributed by atoms with Crippen molar-refractivity contribution in [2.24, 2.45) is 5.92 Å². The fourth-order valence-corrected chi connectivity index (χ4v) is 2.97. The van der Waals surface area contributed by atoms with Gasteiger partial charge in [-0.1, -0.05) is 0 Å². The third-order valence-electron chi connectivity index (χ3n) is 3.92. The maximum atomic E-state index is 12.4. The zero-order valence-corrected chi connectivity index (χ0v) is 13.3. The zero-order chi connectivity index (χ0) is 15.4. The highest BCUT2D eigenvalue weighted by molar-refractivity contribution is 9.10. The minimum atomic E-state index is -0.750. The van der Waals surface area contributed by atoms with Gasteiger partial charge in [-0.25, -0.2) is 0 Å². The van der Waals surface area contributed by atoms with E-state index in [1.54, 1.807) is 18.2 Å². The van der Waals surface area contributed by atoms with Crippen molar-refractivity contribution in [2.75, 3.05) is 18.8 Å². The van der Waals surface area contributed by atoms with Crippen LogP contribution in [-0.4, -0.2) is 35.0 Å². The van der Waals surface area contributed by atoms with Crippen molar-refractivity contribution in [3.63, 3.8) is 0 Å². The van der Waals surface area contributed by atoms with Crippen LogP contribution in [0.3, 0.4) is 0 Å². The molecule has 21 heavy (non-hydrogen) atoms. The van der Waals surface area contributed by atoms with Gasteiger partial charge in [0.1, 0.15) is 0 Å². The number of nitrogen functional groups attached to an aromatic ring is 1. The van der Waals surface area contributed by atoms with Gasteiger partial charge < -0.3 is 15.7 Å². The molecule has 0 atom stereocenters. The number of nitrogens with two attached hydrogens (primary N) is 1. The van der Waals surface area contributed by atoms with Crippen LogP contribution in [0.2, 0.25) is 0 Å². The number of benzene rings is 1. The Labute approximate surface area is 132 Å². The lowest BCUT2D eigenvalue weighted by molar-refractivity contribution is -0.137. The van der Waals surface area contributed by atoms with E-state index in [0.717, 1.165) is 17.3 Å². The van der Waals surface area contributed by atoms with Gasteiger partial charge in [-0.2, -0.15) is 0 Å². The maximum absolute atomic E-state index is 12.4. The number of piperidine rings is 1. The number of halogens is 1. The number of carboxylic acid groups (broad SMARTS) is 1. The van der Waals surface area contributed by atoms with E-state index in [4.69, 9.17) is 10.8 Å². The molecule has 0 spiro atoms. The van der Waals surface area contributed by atoms with Crippen LogP contribution >= 0.6 is 15.9 Å². The molecule has 1 aliphatic rings. The van der Waals surface area contributed by atoms with E-state index in [-0.39, 0.29) is 12.3 Å². The number of carboxylic acids is 1. The molecule has 1 fully saturated rings. The fourth-order valence-electron chi connectivity index (χ4n) is 2.60. The van der Waals surface area contributed by atoms with Crippen LogP contribution in [0.15, 0.2) is 22.7 Å². The molecule has 6 heteroatoms. The van der Waals surface area contributed by atoms with E-state index in [0.29, 0.717) is 36.7 Å². The fraction of sp³-hybridized carbons (Fsp3) is 0.467. The highest BCUT2D eigenvalue weighted by Gasteiger charge is 2.24. The van der Waals surface area contributed by atoms with Gasteiger partial charge in [0.2, 0.25) is 0 Å². The second kappa shape index (κ2) is 6.93. The average Bonchev–Trinajstić information content (AvgIpc) is 2.48. The van der Waals surface area contributed by atoms with Gasteiger partial charge in [0.25, 0.3) is 5.91 Å². The SMILES string of the molecule is Nc1ccc(C(=O)N2CCC(CCC(=O)O)CC2)cc1Br. The zero-order valence-electron chi connectivity index (χ0n) is 11.7. The van der Waals surface area contributed by atoms with Crippen LogP contribution in [0, 0.1) is 5.92 Å². The number of anilines is 1. The van der Waals surface area contributed by atoms with Crippen molar-refractivity contribution >= 4 is 33.5 Å². The molecule has 1 aliphatic heterocycles. The van der Waals surface area contributed by atoms with Gasteiger partial charge in [-0.15, -0.1) is 0 Å². The van der Waals surface area contributed by atoms with Gasteiger partial charge in [0, 0.05) is 35.2 Å². The van der Waals surface area contributed by atoms with Crippen LogP contribution in [0.5, 0.6) is 0 Å². The highest BCUT2D eigenvalue weighted by atomic mass is 79.9. The second-order valence-corrected chi connectivity index (χ2v) is 6.26. The number of nitrogens with zero attached hydrogens (tertiary/aromatic N) is 1. The Balaban J connectivity index is 1.90. The van der Waals surface area contributed by atoms with E-state index in [9.17, 15) is 9.59 Å². The molecule has 5 nitrogen and oxygen atoms in total. The summed E-state index contributed by atoms with van der Waals surface area (Å²) in [5, 5.41) is 8.70. The minimum absolute atomic E-state index is 0.00684. The lowest BCUT2D eigenvalue weighted by atomic mass is 9.92. The molecule has 1 aromatic rings. The molecule has 1 amide bonds. The predicted molar refractivity (Wildman–Crippen MR) is 84.1 cm³/mol. The number of hydrogen-bond acceptors (Lipinski definition) is 3. The van der Waals surface area contributed by atoms with Crippen LogP contribution in [0.1, 0.15) is 36.0 Å². The lowest BCUT2D eigenvalue weighted by Crippen LogP contribution is -2.38. The Bertz CT molecular complexity index is 540. The Morgan fingerprint density at radius 3 is 2.57 bits per heavy atom. The summed E-state index contributed by atoms with van der Waals surface area (Å²) in [6, 6.07) is 5.20. The number of carbonyl (C=O) groups is 2. The molecule has 1 saturated heterocycles. The quantitative estimate of drug-likeness (QED) is 0.814. The van der Waals surface area contributed by atoms with Gasteiger partial charge in [-0.05, 0) is 59.3 Å². The molecule has 0 aromatic heterocycles. The second-order valence-electron chi connectivity index (χ2n) is 5.40. The summed E-state index contributed by atoms with van der Waals surface area (Å²) in [6.07, 6.45) is 2.65. The van der Waals surface area contributed by atoms with E-state index < -0.39 is 5.97 Å². The van der Waals surface area contributed by atoms with Gasteiger partial charge in [0.15, 0.2) is 0 Å². The lowest BCUT2D eigenvalue weighted by Gasteiger charge is -2.32. The first kappa shape index (κ1) is 15.8. The van der Waals surface area contributed by atoms with Crippen molar-refractivity contribution in [3.05, 3.63) is 28.2 Å². The van der Waals surface area contributed by atoms with Crippen molar-refractivity contribution in [1.82, 2.24) is 4.90 Å². The number of amides is 1. The summed E-state index contributed by atoms with van der Waals surface area (Å²) in [5.74, 6) is -0.337. The summed E-state index contributed by atoms with van der Waals surface area (Å²) in [4.78, 5) is 24.8. The van der Waals surface area contributed by atoms with Crippen LogP contribution < -0.4 is 5.73 Å². The first-order valence-electron chi connectivity index (χ1n) is 7.03. The minimum Gasteiger partial charge on any atom is -0.481 e. The molecule has 0 radical (unpaired) electrons. The van der Waals surface area contributed by atoms with E-state index >= 15 is 0 Å². The molecular formula is C15H19BrN2O3. The normalized spacial score (nSPS) is 16.0. The first-order chi connectivity index (χ1) is 9.97. The third kappa shape index (κ3) is 4.20. The van der Waals surface area contributed by atoms with Gasteiger partial charge >= 0.3 is 5.97 Å². The largest absolute Gasteiger partial charge is 0.481 e. The number of hydrogen-bond donors (Lipinski definition) is 2. The maximum Gasteiger partial charge on any atom is 0.303 e. The molecule has 1 aromatic carbocycles. The molecule has 3 N–H and O–H groups in total. The van der Waals surface area contributed by atoms with Crippen molar-refractivity contribution in [2.45, 2.75) is 25.7 Å². The number of aliphatic carboxylic acids is 1. The van der Waals surface area contributed by atoms with E-state index in [2.05, 4.69) is 15.9 Å². The molecule has 2 rings (SSSR count). The monoisotopic (exact) mass is 354 g/mol. The summed E-state index contributed by atoms with van der Waals surface area (Å²) in [7, 11) is 0. The van der Waals surface area contributed by atoms with Crippen molar-refractivity contribution < 1.29 is 14.7 Å². The van der Waals surface area contributed by atoms with Gasteiger partial charge in [-0.3, -0.25) is 9.59 Å². The van der Waals surface area contributed by atoms with Gasteiger partial charge in [0.05, 0.1) is 0 Å². The Kier molecular flexibility index (Phi) is 5.22. The topological polar surface area (TPSA) is 83.6 Å². The van der Waals surface area contributed by atoms with Crippen molar-refractivity contribution in [1.29, 1.82) is 0 Å². The number of rotatable bonds is 4. The summed E-state index contributed by atoms with van der Waals surface area (Å²) < 4.78 is 0.727. The number of carbonyl (C=O) groups excluding carboxylic acids is 1. The van der Waals surface area contributed by atoms with E-state index in [1.807, 2.05) is 4.90 Å². The first-order valence-corrected chi connectivity index (χ1v) is 7.82. The molecular weight excluding hydrogens is 336 g/mol. The Hall–Kier alpha value is -1.56. The number of likely N-dealkylation sites (tertiary alicyclic amines) is 1. The van der Waals surface area contributed by atoms with Crippen LogP contribution in [-0.2, 0) is 4.79 Å². The summed E-state index contributed by atoms with van der Waals surface area (Å²) in [5.41, 5.74) is 6.96. The molecule has 1 heterocycles. The molecule has 114 valence electrons. The summed E-state index contributed by atoms with van der Waals surface area (Å²) >= 11 is 3.33. The van der Waals surface area contributed by atoms with Crippen LogP contribution in [0.25, 0.3) is 0 Å². The van der Waals surface area contributed by atoms with Crippen molar-refractivity contribution in [3.8, 4) is 0 Å². The molecule has 0 bridgehead atoms. The molecule has 0 aliphatic carbocycles. The third-order valence-corrected chi connectivity index (χ3v) is 4.60. The molecule has 0 unspecified atom stereocenters. The standard InChI is InChI=1S/C15H19BrN2O3/c16-12-9-11(2-3-13(12)17)15(21)18-7-5-10(6-8-18)1-4-14(19)20/h2-3,9-10H,1,4-8,17H2,(H,19,20). The highest BCUT2D eigenvalue weighted by Crippen LogP contribution is 2.25. The van der Waals surface area contributed by atoms with Crippen LogP contribution in [0.4, 0.5) is 5.69 Å². The summed E-state index contributed by atoms with van der Waals surface area (Å²) in [6.45, 7) is 1.37. The Morgan fingerprint density at radius 2 is 2.00 bits per heavy atom. The smallest absolute Gasteiger partial charge is 0.303 e.